The smallest absolute Gasteiger partial charge is 0.327 e. The minimum absolute atomic E-state index is 0.0675. The number of nitrogens with one attached hydrogen (secondary N) is 3. The number of nitrogens with zero attached hydrogens (tertiary/aromatic N) is 1. The van der Waals surface area contributed by atoms with Crippen molar-refractivity contribution in [3.05, 3.63) is 35.9 Å². The standard InChI is InChI=1S/C19H22N4O6/c1-11(15(25)21-22-16(26)12-6-4-3-5-7-12)29-14(24)10-23-17(27)19(2,13-8-9-13)20-18(23)28/h3-7,11,13H,8-10H2,1-2H3,(H,20,28)(H,21,25)(H,22,26)/t11-,19+/m1/s1. The molecule has 154 valence electrons. The van der Waals surface area contributed by atoms with Gasteiger partial charge in [0.25, 0.3) is 17.7 Å². The zero-order valence-corrected chi connectivity index (χ0v) is 16.1. The molecule has 1 aromatic carbocycles. The maximum atomic E-state index is 12.5. The van der Waals surface area contributed by atoms with E-state index >= 15 is 0 Å². The molecule has 0 unspecified atom stereocenters. The van der Waals surface area contributed by atoms with Crippen LogP contribution in [0.4, 0.5) is 4.79 Å². The van der Waals surface area contributed by atoms with Crippen LogP contribution >= 0.6 is 0 Å². The Hall–Kier alpha value is -3.43. The van der Waals surface area contributed by atoms with Crippen molar-refractivity contribution >= 4 is 29.7 Å². The maximum absolute atomic E-state index is 12.5. The average Bonchev–Trinajstić information content (AvgIpc) is 3.52. The maximum Gasteiger partial charge on any atom is 0.327 e. The number of hydrazine groups is 1. The molecule has 1 aromatic rings. The van der Waals surface area contributed by atoms with Crippen LogP contribution in [-0.4, -0.2) is 52.8 Å². The van der Waals surface area contributed by atoms with E-state index < -0.39 is 47.9 Å². The molecule has 1 aliphatic carbocycles. The zero-order chi connectivity index (χ0) is 21.2. The Labute approximate surface area is 166 Å². The molecule has 5 amide bonds. The van der Waals surface area contributed by atoms with Crippen molar-refractivity contribution in [1.82, 2.24) is 21.1 Å². The molecule has 10 nitrogen and oxygen atoms in total. The van der Waals surface area contributed by atoms with Gasteiger partial charge in [-0.05, 0) is 44.7 Å². The second-order valence-electron chi connectivity index (χ2n) is 7.24. The minimum atomic E-state index is -1.24. The van der Waals surface area contributed by atoms with E-state index in [1.54, 1.807) is 37.3 Å². The quantitative estimate of drug-likeness (QED) is 0.351. The lowest BCUT2D eigenvalue weighted by molar-refractivity contribution is -0.156. The van der Waals surface area contributed by atoms with Crippen LogP contribution in [-0.2, 0) is 19.1 Å². The highest BCUT2D eigenvalue weighted by atomic mass is 16.5. The van der Waals surface area contributed by atoms with Crippen molar-refractivity contribution in [1.29, 1.82) is 0 Å². The Morgan fingerprint density at radius 2 is 1.86 bits per heavy atom. The number of hydrogen-bond donors (Lipinski definition) is 3. The molecule has 0 bridgehead atoms. The number of carbonyl (C=O) groups excluding carboxylic acids is 5. The fourth-order valence-electron chi connectivity index (χ4n) is 3.10. The van der Waals surface area contributed by atoms with E-state index in [4.69, 9.17) is 4.74 Å². The summed E-state index contributed by atoms with van der Waals surface area (Å²) >= 11 is 0. The predicted octanol–water partition coefficient (Wildman–Crippen LogP) is 0.0998. The van der Waals surface area contributed by atoms with Gasteiger partial charge < -0.3 is 10.1 Å². The van der Waals surface area contributed by atoms with Crippen LogP contribution in [0, 0.1) is 5.92 Å². The molecule has 0 radical (unpaired) electrons. The number of carbonyl (C=O) groups is 5. The van der Waals surface area contributed by atoms with Crippen molar-refractivity contribution < 1.29 is 28.7 Å². The summed E-state index contributed by atoms with van der Waals surface area (Å²) in [6, 6.07) is 7.57. The molecule has 1 saturated heterocycles. The van der Waals surface area contributed by atoms with Gasteiger partial charge in [-0.2, -0.15) is 0 Å². The Morgan fingerprint density at radius 1 is 1.21 bits per heavy atom. The van der Waals surface area contributed by atoms with Gasteiger partial charge in [0.1, 0.15) is 12.1 Å². The molecule has 29 heavy (non-hydrogen) atoms. The molecular formula is C19H22N4O6. The van der Waals surface area contributed by atoms with Crippen molar-refractivity contribution in [2.24, 2.45) is 5.92 Å². The molecule has 2 atom stereocenters. The van der Waals surface area contributed by atoms with Crippen LogP contribution in [0.2, 0.25) is 0 Å². The first-order valence-corrected chi connectivity index (χ1v) is 9.21. The largest absolute Gasteiger partial charge is 0.451 e. The zero-order valence-electron chi connectivity index (χ0n) is 16.1. The minimum Gasteiger partial charge on any atom is -0.451 e. The van der Waals surface area contributed by atoms with E-state index in [9.17, 15) is 24.0 Å². The lowest BCUT2D eigenvalue weighted by Gasteiger charge is -2.21. The van der Waals surface area contributed by atoms with Crippen LogP contribution in [0.3, 0.4) is 0 Å². The van der Waals surface area contributed by atoms with E-state index in [0.29, 0.717) is 5.56 Å². The number of benzene rings is 1. The number of urea groups is 1. The summed E-state index contributed by atoms with van der Waals surface area (Å²) in [6.07, 6.45) is 0.438. The second-order valence-corrected chi connectivity index (χ2v) is 7.24. The summed E-state index contributed by atoms with van der Waals surface area (Å²) < 4.78 is 4.98. The number of imide groups is 1. The highest BCUT2D eigenvalue weighted by Crippen LogP contribution is 2.42. The molecular weight excluding hydrogens is 380 g/mol. The number of amides is 5. The topological polar surface area (TPSA) is 134 Å². The molecule has 10 heteroatoms. The fraction of sp³-hybridized carbons (Fsp3) is 0.421. The van der Waals surface area contributed by atoms with Gasteiger partial charge in [0.2, 0.25) is 0 Å². The second kappa shape index (κ2) is 7.90. The van der Waals surface area contributed by atoms with Gasteiger partial charge in [-0.25, -0.2) is 4.79 Å². The Kier molecular flexibility index (Phi) is 5.53. The summed E-state index contributed by atoms with van der Waals surface area (Å²) in [5, 5.41) is 2.62. The first-order valence-electron chi connectivity index (χ1n) is 9.21. The van der Waals surface area contributed by atoms with Crippen LogP contribution in [0.1, 0.15) is 37.0 Å². The highest BCUT2D eigenvalue weighted by molar-refractivity contribution is 6.09. The molecule has 2 fully saturated rings. The molecule has 1 heterocycles. The van der Waals surface area contributed by atoms with Gasteiger partial charge in [0.15, 0.2) is 6.10 Å². The van der Waals surface area contributed by atoms with Gasteiger partial charge in [0, 0.05) is 5.56 Å². The van der Waals surface area contributed by atoms with Gasteiger partial charge in [-0.15, -0.1) is 0 Å². The fourth-order valence-corrected chi connectivity index (χ4v) is 3.10. The third-order valence-electron chi connectivity index (χ3n) is 4.99. The van der Waals surface area contributed by atoms with Gasteiger partial charge >= 0.3 is 12.0 Å². The van der Waals surface area contributed by atoms with Crippen LogP contribution in [0.15, 0.2) is 30.3 Å². The van der Waals surface area contributed by atoms with E-state index in [0.717, 1.165) is 17.7 Å². The SMILES string of the molecule is C[C@@H](OC(=O)CN1C(=O)N[C@@](C)(C2CC2)C1=O)C(=O)NNC(=O)c1ccccc1. The summed E-state index contributed by atoms with van der Waals surface area (Å²) in [5.74, 6) is -2.61. The summed E-state index contributed by atoms with van der Waals surface area (Å²) in [5.41, 5.74) is 3.71. The monoisotopic (exact) mass is 402 g/mol. The molecule has 1 saturated carbocycles. The van der Waals surface area contributed by atoms with E-state index in [-0.39, 0.29) is 5.92 Å². The van der Waals surface area contributed by atoms with Gasteiger partial charge in [0.05, 0.1) is 0 Å². The lowest BCUT2D eigenvalue weighted by Crippen LogP contribution is -2.48. The Bertz CT molecular complexity index is 854. The Morgan fingerprint density at radius 3 is 2.48 bits per heavy atom. The molecule has 2 aliphatic rings. The molecule has 0 spiro atoms. The van der Waals surface area contributed by atoms with Crippen LogP contribution < -0.4 is 16.2 Å². The number of esters is 1. The number of rotatable bonds is 6. The molecule has 1 aliphatic heterocycles. The van der Waals surface area contributed by atoms with Crippen molar-refractivity contribution in [2.45, 2.75) is 38.3 Å². The first-order chi connectivity index (χ1) is 13.7. The molecule has 0 aromatic heterocycles. The molecule has 3 N–H and O–H groups in total. The summed E-state index contributed by atoms with van der Waals surface area (Å²) in [6.45, 7) is 2.35. The first kappa shape index (κ1) is 20.3. The number of hydrogen-bond acceptors (Lipinski definition) is 6. The van der Waals surface area contributed by atoms with Crippen LogP contribution in [0.25, 0.3) is 0 Å². The van der Waals surface area contributed by atoms with E-state index in [2.05, 4.69) is 16.2 Å². The average molecular weight is 402 g/mol. The van der Waals surface area contributed by atoms with Crippen molar-refractivity contribution in [3.8, 4) is 0 Å². The van der Waals surface area contributed by atoms with E-state index in [1.807, 2.05) is 0 Å². The normalized spacial score (nSPS) is 21.9. The third-order valence-corrected chi connectivity index (χ3v) is 4.99. The van der Waals surface area contributed by atoms with Gasteiger partial charge in [-0.3, -0.25) is 34.9 Å². The third kappa shape index (κ3) is 4.36. The number of ether oxygens (including phenoxy) is 1. The van der Waals surface area contributed by atoms with Crippen molar-refractivity contribution in [2.75, 3.05) is 6.54 Å². The van der Waals surface area contributed by atoms with Crippen LogP contribution in [0.5, 0.6) is 0 Å². The molecule has 3 rings (SSSR count). The highest BCUT2D eigenvalue weighted by Gasteiger charge is 2.56. The van der Waals surface area contributed by atoms with E-state index in [1.165, 1.54) is 6.92 Å². The summed E-state index contributed by atoms with van der Waals surface area (Å²) in [7, 11) is 0. The summed E-state index contributed by atoms with van der Waals surface area (Å²) in [4.78, 5) is 61.4. The predicted molar refractivity (Wildman–Crippen MR) is 99.0 cm³/mol. The lowest BCUT2D eigenvalue weighted by atomic mass is 9.96. The Balaban J connectivity index is 1.47. The van der Waals surface area contributed by atoms with Gasteiger partial charge in [-0.1, -0.05) is 18.2 Å². The van der Waals surface area contributed by atoms with Crippen molar-refractivity contribution in [3.63, 3.8) is 0 Å².